The fraction of sp³-hybridized carbons (Fsp3) is 0.500. The molecule has 7 nitrogen and oxygen atoms in total. The summed E-state index contributed by atoms with van der Waals surface area (Å²) in [6.07, 6.45) is 0.373. The summed E-state index contributed by atoms with van der Waals surface area (Å²) in [6.45, 7) is 11.8. The molecule has 8 heteroatoms. The second-order valence-electron chi connectivity index (χ2n) is 10.8. The molecule has 1 aliphatic rings. The third-order valence-electron chi connectivity index (χ3n) is 5.28. The van der Waals surface area contributed by atoms with Crippen LogP contribution in [0.1, 0.15) is 70.3 Å². The lowest BCUT2D eigenvalue weighted by Gasteiger charge is -2.33. The molecule has 1 aliphatic heterocycles. The Labute approximate surface area is 212 Å². The minimum Gasteiger partial charge on any atom is -0.488 e. The number of likely N-dealkylation sites (tertiary alicyclic amines) is 1. The molecule has 0 atom stereocenters. The Morgan fingerprint density at radius 1 is 0.917 bits per heavy atom. The van der Waals surface area contributed by atoms with Gasteiger partial charge in [0.2, 0.25) is 0 Å². The maximum Gasteiger partial charge on any atom is 0.410 e. The molecule has 0 aliphatic carbocycles. The number of nitrogens with zero attached hydrogens (tertiary/aromatic N) is 1. The van der Waals surface area contributed by atoms with Gasteiger partial charge in [-0.3, -0.25) is 0 Å². The lowest BCUT2D eigenvalue weighted by molar-refractivity contribution is 0.00640. The molecule has 1 saturated heterocycles. The molecule has 0 saturated carbocycles. The summed E-state index contributed by atoms with van der Waals surface area (Å²) in [5, 5.41) is 0. The molecule has 0 aromatic heterocycles. The number of ether oxygens (including phenoxy) is 4. The highest BCUT2D eigenvalue weighted by Gasteiger charge is 2.29. The van der Waals surface area contributed by atoms with Gasteiger partial charge >= 0.3 is 12.1 Å². The highest BCUT2D eigenvalue weighted by atomic mass is 19.1. The number of amides is 1. The average Bonchev–Trinajstić information content (AvgIpc) is 2.78. The van der Waals surface area contributed by atoms with Crippen LogP contribution >= 0.6 is 0 Å². The van der Waals surface area contributed by atoms with Crippen molar-refractivity contribution in [1.29, 1.82) is 0 Å². The van der Waals surface area contributed by atoms with Gasteiger partial charge < -0.3 is 23.8 Å². The van der Waals surface area contributed by atoms with E-state index in [9.17, 15) is 9.59 Å². The molecule has 0 unspecified atom stereocenters. The molecular formula is C28H36FNO6. The smallest absolute Gasteiger partial charge is 0.410 e. The van der Waals surface area contributed by atoms with Crippen molar-refractivity contribution in [2.45, 2.75) is 78.3 Å². The van der Waals surface area contributed by atoms with E-state index in [0.29, 0.717) is 25.9 Å². The van der Waals surface area contributed by atoms with Crippen LogP contribution in [-0.4, -0.2) is 47.4 Å². The molecule has 1 amide bonds. The highest BCUT2D eigenvalue weighted by molar-refractivity contribution is 5.93. The maximum absolute atomic E-state index is 15.1. The predicted octanol–water partition coefficient (Wildman–Crippen LogP) is 6.14. The van der Waals surface area contributed by atoms with Gasteiger partial charge in [-0.15, -0.1) is 0 Å². The fourth-order valence-corrected chi connectivity index (χ4v) is 3.63. The summed E-state index contributed by atoms with van der Waals surface area (Å²) in [4.78, 5) is 26.7. The normalized spacial score (nSPS) is 14.8. The van der Waals surface area contributed by atoms with Crippen LogP contribution in [0.3, 0.4) is 0 Å². The molecule has 3 rings (SSSR count). The molecule has 2 aromatic rings. The Morgan fingerprint density at radius 3 is 2.11 bits per heavy atom. The number of carbonyl (C=O) groups excluding carboxylic acids is 2. The monoisotopic (exact) mass is 501 g/mol. The summed E-state index contributed by atoms with van der Waals surface area (Å²) >= 11 is 0. The lowest BCUT2D eigenvalue weighted by Crippen LogP contribution is -2.44. The first-order valence-electron chi connectivity index (χ1n) is 12.2. The van der Waals surface area contributed by atoms with Gasteiger partial charge in [-0.2, -0.15) is 0 Å². The lowest BCUT2D eigenvalue weighted by atomic mass is 10.1. The molecule has 0 N–H and O–H groups in total. The molecule has 36 heavy (non-hydrogen) atoms. The summed E-state index contributed by atoms with van der Waals surface area (Å²) in [5.74, 6) is -1.20. The van der Waals surface area contributed by atoms with Crippen LogP contribution in [0.2, 0.25) is 0 Å². The standard InChI is InChI=1S/C28H36FNO6/c1-27(2,3)35-25(31)21-16-22(29)24(17-23(21)33-18-19-10-8-7-9-11-19)34-20-12-14-30(15-13-20)26(32)36-28(4,5)6/h7-11,16-17,20H,12-15,18H2,1-6H3. The minimum atomic E-state index is -0.748. The SMILES string of the molecule is CC(C)(C)OC(=O)c1cc(F)c(OC2CCN(C(=O)OC(C)(C)C)CC2)cc1OCc1ccccc1. The number of halogens is 1. The van der Waals surface area contributed by atoms with Crippen molar-refractivity contribution in [2.75, 3.05) is 13.1 Å². The van der Waals surface area contributed by atoms with Crippen molar-refractivity contribution in [3.05, 3.63) is 59.4 Å². The van der Waals surface area contributed by atoms with Crippen LogP contribution in [0, 0.1) is 5.82 Å². The van der Waals surface area contributed by atoms with Crippen molar-refractivity contribution < 1.29 is 32.9 Å². The van der Waals surface area contributed by atoms with E-state index in [1.165, 1.54) is 6.07 Å². The number of rotatable bonds is 6. The van der Waals surface area contributed by atoms with E-state index in [4.69, 9.17) is 18.9 Å². The van der Waals surface area contributed by atoms with E-state index in [1.54, 1.807) is 25.7 Å². The quantitative estimate of drug-likeness (QED) is 0.443. The molecule has 0 bridgehead atoms. The second-order valence-corrected chi connectivity index (χ2v) is 10.8. The van der Waals surface area contributed by atoms with Crippen LogP contribution in [0.5, 0.6) is 11.5 Å². The number of hydrogen-bond donors (Lipinski definition) is 0. The van der Waals surface area contributed by atoms with E-state index in [1.807, 2.05) is 51.1 Å². The zero-order valence-corrected chi connectivity index (χ0v) is 21.9. The van der Waals surface area contributed by atoms with Gasteiger partial charge in [0, 0.05) is 32.0 Å². The molecule has 1 heterocycles. The zero-order valence-electron chi connectivity index (χ0n) is 21.9. The Hall–Kier alpha value is -3.29. The molecule has 0 spiro atoms. The summed E-state index contributed by atoms with van der Waals surface area (Å²) < 4.78 is 37.8. The van der Waals surface area contributed by atoms with Crippen molar-refractivity contribution in [1.82, 2.24) is 4.90 Å². The van der Waals surface area contributed by atoms with E-state index >= 15 is 4.39 Å². The van der Waals surface area contributed by atoms with Crippen molar-refractivity contribution >= 4 is 12.1 Å². The fourth-order valence-electron chi connectivity index (χ4n) is 3.63. The van der Waals surface area contributed by atoms with Gasteiger partial charge in [-0.05, 0) is 53.2 Å². The molecular weight excluding hydrogens is 465 g/mol. The van der Waals surface area contributed by atoms with E-state index in [2.05, 4.69) is 0 Å². The molecule has 1 fully saturated rings. The van der Waals surface area contributed by atoms with Crippen LogP contribution in [-0.2, 0) is 16.1 Å². The molecule has 0 radical (unpaired) electrons. The van der Waals surface area contributed by atoms with Crippen LogP contribution in [0.25, 0.3) is 0 Å². The first-order chi connectivity index (χ1) is 16.8. The van der Waals surface area contributed by atoms with E-state index in [-0.39, 0.29) is 35.9 Å². The van der Waals surface area contributed by atoms with Gasteiger partial charge in [0.15, 0.2) is 11.6 Å². The van der Waals surface area contributed by atoms with Gasteiger partial charge in [-0.1, -0.05) is 30.3 Å². The average molecular weight is 502 g/mol. The Morgan fingerprint density at radius 2 is 1.53 bits per heavy atom. The van der Waals surface area contributed by atoms with Crippen LogP contribution < -0.4 is 9.47 Å². The van der Waals surface area contributed by atoms with Crippen molar-refractivity contribution in [3.8, 4) is 11.5 Å². The Balaban J connectivity index is 1.74. The van der Waals surface area contributed by atoms with Gasteiger partial charge in [0.1, 0.15) is 35.2 Å². The first-order valence-corrected chi connectivity index (χ1v) is 12.2. The first kappa shape index (κ1) is 27.3. The second kappa shape index (κ2) is 11.2. The third kappa shape index (κ3) is 8.14. The highest BCUT2D eigenvalue weighted by Crippen LogP contribution is 2.32. The van der Waals surface area contributed by atoms with Crippen LogP contribution in [0.4, 0.5) is 9.18 Å². The predicted molar refractivity (Wildman–Crippen MR) is 134 cm³/mol. The van der Waals surface area contributed by atoms with Gasteiger partial charge in [-0.25, -0.2) is 14.0 Å². The maximum atomic E-state index is 15.1. The number of esters is 1. The largest absolute Gasteiger partial charge is 0.488 e. The van der Waals surface area contributed by atoms with Crippen molar-refractivity contribution in [3.63, 3.8) is 0 Å². The summed E-state index contributed by atoms with van der Waals surface area (Å²) in [5.41, 5.74) is -0.430. The molecule has 2 aromatic carbocycles. The van der Waals surface area contributed by atoms with E-state index in [0.717, 1.165) is 11.6 Å². The number of carbonyl (C=O) groups is 2. The number of piperidine rings is 1. The summed E-state index contributed by atoms with van der Waals surface area (Å²) in [6, 6.07) is 12.0. The van der Waals surface area contributed by atoms with Crippen LogP contribution in [0.15, 0.2) is 42.5 Å². The number of benzene rings is 2. The minimum absolute atomic E-state index is 0.00884. The van der Waals surface area contributed by atoms with Gasteiger partial charge in [0.25, 0.3) is 0 Å². The summed E-state index contributed by atoms with van der Waals surface area (Å²) in [7, 11) is 0. The molecule has 196 valence electrons. The van der Waals surface area contributed by atoms with Crippen molar-refractivity contribution in [2.24, 2.45) is 0 Å². The Bertz CT molecular complexity index is 1050. The third-order valence-corrected chi connectivity index (χ3v) is 5.28. The number of hydrogen-bond acceptors (Lipinski definition) is 6. The van der Waals surface area contributed by atoms with E-state index < -0.39 is 23.0 Å². The Kier molecular flexibility index (Phi) is 8.48. The van der Waals surface area contributed by atoms with Gasteiger partial charge in [0.05, 0.1) is 0 Å². The topological polar surface area (TPSA) is 74.3 Å². The zero-order chi connectivity index (χ0) is 26.5.